The molecule has 0 saturated carbocycles. The first kappa shape index (κ1) is 17.0. The van der Waals surface area contributed by atoms with Crippen LogP contribution in [0.4, 0.5) is 5.82 Å². The average molecular weight is 296 g/mol. The second-order valence-corrected chi connectivity index (χ2v) is 6.61. The largest absolute Gasteiger partial charge is 0.348 e. The molecule has 0 bridgehead atoms. The van der Waals surface area contributed by atoms with Crippen LogP contribution in [0.2, 0.25) is 5.02 Å². The third kappa shape index (κ3) is 4.80. The van der Waals surface area contributed by atoms with Crippen LogP contribution in [0, 0.1) is 0 Å². The van der Waals surface area contributed by atoms with Gasteiger partial charge >= 0.3 is 0 Å². The van der Waals surface area contributed by atoms with Crippen LogP contribution >= 0.6 is 11.6 Å². The minimum atomic E-state index is -0.0161. The summed E-state index contributed by atoms with van der Waals surface area (Å²) >= 11 is 6.23. The third-order valence-electron chi connectivity index (χ3n) is 2.98. The van der Waals surface area contributed by atoms with E-state index in [0.717, 1.165) is 18.1 Å². The monoisotopic (exact) mass is 295 g/mol. The molecule has 1 rings (SSSR count). The maximum Gasteiger partial charge on any atom is 0.129 e. The molecule has 1 aromatic heterocycles. The first-order chi connectivity index (χ1) is 9.25. The summed E-state index contributed by atoms with van der Waals surface area (Å²) in [5, 5.41) is 4.06. The molecule has 3 nitrogen and oxygen atoms in total. The summed E-state index contributed by atoms with van der Waals surface area (Å²) in [5.74, 6) is 0.933. The van der Waals surface area contributed by atoms with Crippen LogP contribution in [0.25, 0.3) is 0 Å². The second-order valence-electron chi connectivity index (χ2n) is 6.20. The van der Waals surface area contributed by atoms with Gasteiger partial charge in [0.1, 0.15) is 5.82 Å². The van der Waals surface area contributed by atoms with Crippen LogP contribution in [-0.4, -0.2) is 23.1 Å². The lowest BCUT2D eigenvalue weighted by Crippen LogP contribution is -2.42. The van der Waals surface area contributed by atoms with Crippen molar-refractivity contribution in [1.82, 2.24) is 10.3 Å². The predicted molar refractivity (Wildman–Crippen MR) is 88.5 cm³/mol. The summed E-state index contributed by atoms with van der Waals surface area (Å²) in [6, 6.07) is 4.29. The Bertz CT molecular complexity index is 450. The van der Waals surface area contributed by atoms with E-state index in [0.29, 0.717) is 17.6 Å². The van der Waals surface area contributed by atoms with Crippen LogP contribution < -0.4 is 10.2 Å². The zero-order valence-electron chi connectivity index (χ0n) is 13.2. The van der Waals surface area contributed by atoms with E-state index in [4.69, 9.17) is 16.6 Å². The maximum absolute atomic E-state index is 6.23. The zero-order valence-corrected chi connectivity index (χ0v) is 14.0. The van der Waals surface area contributed by atoms with E-state index in [9.17, 15) is 0 Å². The molecule has 0 atom stereocenters. The van der Waals surface area contributed by atoms with Crippen molar-refractivity contribution in [2.24, 2.45) is 0 Å². The lowest BCUT2D eigenvalue weighted by Gasteiger charge is -2.36. The molecule has 1 heterocycles. The fraction of sp³-hybridized carbons (Fsp3) is 0.562. The Morgan fingerprint density at radius 3 is 2.55 bits per heavy atom. The van der Waals surface area contributed by atoms with Crippen molar-refractivity contribution >= 4 is 17.4 Å². The summed E-state index contributed by atoms with van der Waals surface area (Å²) in [7, 11) is 0. The molecule has 1 N–H and O–H groups in total. The van der Waals surface area contributed by atoms with Crippen LogP contribution in [0.5, 0.6) is 0 Å². The Balaban J connectivity index is 3.05. The van der Waals surface area contributed by atoms with Crippen molar-refractivity contribution in [1.29, 1.82) is 0 Å². The molecule has 0 unspecified atom stereocenters. The highest BCUT2D eigenvalue weighted by molar-refractivity contribution is 6.31. The van der Waals surface area contributed by atoms with Crippen LogP contribution in [0.1, 0.15) is 40.3 Å². The summed E-state index contributed by atoms with van der Waals surface area (Å²) in [4.78, 5) is 6.93. The first-order valence-electron chi connectivity index (χ1n) is 7.03. The van der Waals surface area contributed by atoms with Gasteiger partial charge in [-0.05, 0) is 32.9 Å². The highest BCUT2D eigenvalue weighted by Gasteiger charge is 2.22. The molecule has 20 heavy (non-hydrogen) atoms. The van der Waals surface area contributed by atoms with Gasteiger partial charge in [-0.3, -0.25) is 0 Å². The molecule has 0 aliphatic rings. The van der Waals surface area contributed by atoms with Crippen LogP contribution in [0.15, 0.2) is 24.8 Å². The molecule has 4 heteroatoms. The lowest BCUT2D eigenvalue weighted by atomic mass is 10.1. The molecule has 0 aliphatic heterocycles. The SMILES string of the molecule is C=CCN(c1ccc(Cl)c(CNC(C)C)n1)C(C)(C)C. The van der Waals surface area contributed by atoms with Gasteiger partial charge in [0.05, 0.1) is 10.7 Å². The molecular weight excluding hydrogens is 270 g/mol. The average Bonchev–Trinajstić information content (AvgIpc) is 2.34. The number of hydrogen-bond donors (Lipinski definition) is 1. The number of pyridine rings is 1. The Morgan fingerprint density at radius 1 is 1.40 bits per heavy atom. The molecular formula is C16H26ClN3. The summed E-state index contributed by atoms with van der Waals surface area (Å²) in [5.41, 5.74) is 0.869. The number of hydrogen-bond acceptors (Lipinski definition) is 3. The number of nitrogens with one attached hydrogen (secondary N) is 1. The Labute approximate surface area is 128 Å². The summed E-state index contributed by atoms with van der Waals surface area (Å²) in [6.45, 7) is 16.0. The Morgan fingerprint density at radius 2 is 2.05 bits per heavy atom. The van der Waals surface area contributed by atoms with Gasteiger partial charge in [-0.15, -0.1) is 6.58 Å². The second kappa shape index (κ2) is 7.09. The van der Waals surface area contributed by atoms with E-state index < -0.39 is 0 Å². The van der Waals surface area contributed by atoms with Crippen molar-refractivity contribution < 1.29 is 0 Å². The van der Waals surface area contributed by atoms with Crippen LogP contribution in [0.3, 0.4) is 0 Å². The van der Waals surface area contributed by atoms with Gasteiger partial charge < -0.3 is 10.2 Å². The number of halogens is 1. The van der Waals surface area contributed by atoms with E-state index in [1.807, 2.05) is 18.2 Å². The van der Waals surface area contributed by atoms with E-state index >= 15 is 0 Å². The van der Waals surface area contributed by atoms with Crippen molar-refractivity contribution in [3.8, 4) is 0 Å². The number of nitrogens with zero attached hydrogens (tertiary/aromatic N) is 2. The number of rotatable bonds is 6. The topological polar surface area (TPSA) is 28.2 Å². The van der Waals surface area contributed by atoms with Crippen molar-refractivity contribution in [3.63, 3.8) is 0 Å². The maximum atomic E-state index is 6.23. The summed E-state index contributed by atoms with van der Waals surface area (Å²) < 4.78 is 0. The van der Waals surface area contributed by atoms with Gasteiger partial charge in [0.2, 0.25) is 0 Å². The highest BCUT2D eigenvalue weighted by atomic mass is 35.5. The van der Waals surface area contributed by atoms with Gasteiger partial charge in [-0.2, -0.15) is 0 Å². The van der Waals surface area contributed by atoms with E-state index in [2.05, 4.69) is 51.4 Å². The van der Waals surface area contributed by atoms with E-state index in [-0.39, 0.29) is 5.54 Å². The number of aromatic nitrogens is 1. The fourth-order valence-corrected chi connectivity index (χ4v) is 2.06. The standard InChI is InChI=1S/C16H26ClN3/c1-7-10-20(16(4,5)6)15-9-8-13(17)14(19-15)11-18-12(2)3/h7-9,12,18H,1,10-11H2,2-6H3. The minimum absolute atomic E-state index is 0.0161. The van der Waals surface area contributed by atoms with Gasteiger partial charge in [0.15, 0.2) is 0 Å². The highest BCUT2D eigenvalue weighted by Crippen LogP contribution is 2.25. The smallest absolute Gasteiger partial charge is 0.129 e. The van der Waals surface area contributed by atoms with Crippen LogP contribution in [-0.2, 0) is 6.54 Å². The van der Waals surface area contributed by atoms with Gasteiger partial charge in [-0.25, -0.2) is 4.98 Å². The molecule has 0 saturated heterocycles. The Hall–Kier alpha value is -1.06. The molecule has 1 aromatic rings. The lowest BCUT2D eigenvalue weighted by molar-refractivity contribution is 0.515. The summed E-state index contributed by atoms with van der Waals surface area (Å²) in [6.07, 6.45) is 1.90. The molecule has 0 spiro atoms. The Kier molecular flexibility index (Phi) is 6.03. The zero-order chi connectivity index (χ0) is 15.3. The fourth-order valence-electron chi connectivity index (χ4n) is 1.89. The molecule has 112 valence electrons. The predicted octanol–water partition coefficient (Wildman–Crippen LogP) is 4.02. The van der Waals surface area contributed by atoms with Crippen molar-refractivity contribution in [2.75, 3.05) is 11.4 Å². The molecule has 0 aromatic carbocycles. The normalized spacial score (nSPS) is 11.8. The van der Waals surface area contributed by atoms with Gasteiger partial charge in [0, 0.05) is 24.7 Å². The minimum Gasteiger partial charge on any atom is -0.348 e. The van der Waals surface area contributed by atoms with E-state index in [1.165, 1.54) is 0 Å². The molecule has 0 radical (unpaired) electrons. The van der Waals surface area contributed by atoms with Gasteiger partial charge in [0.25, 0.3) is 0 Å². The molecule has 0 fully saturated rings. The van der Waals surface area contributed by atoms with Crippen molar-refractivity contribution in [3.05, 3.63) is 35.5 Å². The molecule has 0 amide bonds. The quantitative estimate of drug-likeness (QED) is 0.803. The first-order valence-corrected chi connectivity index (χ1v) is 7.41. The number of anilines is 1. The third-order valence-corrected chi connectivity index (χ3v) is 3.32. The molecule has 0 aliphatic carbocycles. The van der Waals surface area contributed by atoms with Crippen molar-refractivity contribution in [2.45, 2.75) is 52.7 Å². The van der Waals surface area contributed by atoms with E-state index in [1.54, 1.807) is 0 Å². The van der Waals surface area contributed by atoms with Gasteiger partial charge in [-0.1, -0.05) is 31.5 Å².